The standard InChI is InChI=1S/C9H20ClNO3S/c1-3-4-5-6-7-8-11(9(2)10)15(12,13)14/h9H,3-8H2,1-2H3,(H,12,13,14). The topological polar surface area (TPSA) is 57.6 Å². The van der Waals surface area contributed by atoms with Gasteiger partial charge in [0.05, 0.1) is 5.50 Å². The monoisotopic (exact) mass is 257 g/mol. The van der Waals surface area contributed by atoms with Gasteiger partial charge in [-0.1, -0.05) is 32.6 Å². The van der Waals surface area contributed by atoms with Gasteiger partial charge in [-0.2, -0.15) is 12.7 Å². The number of hydrogen-bond donors (Lipinski definition) is 1. The van der Waals surface area contributed by atoms with Gasteiger partial charge < -0.3 is 0 Å². The molecule has 0 fully saturated rings. The van der Waals surface area contributed by atoms with Crippen LogP contribution < -0.4 is 0 Å². The molecule has 0 radical (unpaired) electrons. The summed E-state index contributed by atoms with van der Waals surface area (Å²) in [6, 6.07) is 0. The molecule has 0 aromatic rings. The average molecular weight is 258 g/mol. The molecule has 15 heavy (non-hydrogen) atoms. The first-order chi connectivity index (χ1) is 6.89. The summed E-state index contributed by atoms with van der Waals surface area (Å²) in [4.78, 5) is 0. The quantitative estimate of drug-likeness (QED) is 0.315. The Kier molecular flexibility index (Phi) is 7.52. The average Bonchev–Trinajstić information content (AvgIpc) is 2.08. The van der Waals surface area contributed by atoms with Gasteiger partial charge in [-0.3, -0.25) is 4.55 Å². The van der Waals surface area contributed by atoms with Crippen LogP contribution in [0.3, 0.4) is 0 Å². The molecule has 0 aromatic carbocycles. The van der Waals surface area contributed by atoms with Crippen molar-refractivity contribution in [3.8, 4) is 0 Å². The molecule has 0 spiro atoms. The molecule has 0 aliphatic carbocycles. The van der Waals surface area contributed by atoms with Crippen LogP contribution in [0.25, 0.3) is 0 Å². The molecule has 0 rings (SSSR count). The first-order valence-corrected chi connectivity index (χ1v) is 7.11. The summed E-state index contributed by atoms with van der Waals surface area (Å²) in [7, 11) is -4.16. The Hall–Kier alpha value is 0.160. The molecule has 0 aliphatic heterocycles. The van der Waals surface area contributed by atoms with E-state index in [-0.39, 0.29) is 6.54 Å². The van der Waals surface area contributed by atoms with Gasteiger partial charge in [0.2, 0.25) is 0 Å². The fourth-order valence-electron chi connectivity index (χ4n) is 1.35. The number of halogens is 1. The maximum atomic E-state index is 10.9. The van der Waals surface area contributed by atoms with Crippen LogP contribution in [0, 0.1) is 0 Å². The molecule has 0 saturated heterocycles. The van der Waals surface area contributed by atoms with Crippen molar-refractivity contribution in [3.05, 3.63) is 0 Å². The Morgan fingerprint density at radius 2 is 1.80 bits per heavy atom. The molecule has 0 bridgehead atoms. The van der Waals surface area contributed by atoms with E-state index in [1.807, 2.05) is 0 Å². The summed E-state index contributed by atoms with van der Waals surface area (Å²) in [6.07, 6.45) is 5.09. The van der Waals surface area contributed by atoms with Crippen LogP contribution in [0.2, 0.25) is 0 Å². The van der Waals surface area contributed by atoms with E-state index in [9.17, 15) is 8.42 Å². The molecule has 1 unspecified atom stereocenters. The second kappa shape index (κ2) is 7.44. The summed E-state index contributed by atoms with van der Waals surface area (Å²) in [6.45, 7) is 3.93. The molecule has 92 valence electrons. The predicted molar refractivity (Wildman–Crippen MR) is 62.3 cm³/mol. The van der Waals surface area contributed by atoms with E-state index >= 15 is 0 Å². The van der Waals surface area contributed by atoms with Gasteiger partial charge in [-0.15, -0.1) is 11.6 Å². The van der Waals surface area contributed by atoms with Gasteiger partial charge in [0.15, 0.2) is 0 Å². The third-order valence-electron chi connectivity index (χ3n) is 2.18. The minimum Gasteiger partial charge on any atom is -0.273 e. The summed E-state index contributed by atoms with van der Waals surface area (Å²) >= 11 is 5.66. The first-order valence-electron chi connectivity index (χ1n) is 5.28. The van der Waals surface area contributed by atoms with E-state index in [2.05, 4.69) is 6.92 Å². The summed E-state index contributed by atoms with van der Waals surface area (Å²) in [5.74, 6) is 0. The fraction of sp³-hybridized carbons (Fsp3) is 1.00. The van der Waals surface area contributed by atoms with Gasteiger partial charge in [-0.25, -0.2) is 0 Å². The van der Waals surface area contributed by atoms with Gasteiger partial charge in [-0.05, 0) is 13.3 Å². The van der Waals surface area contributed by atoms with Gasteiger partial charge in [0.25, 0.3) is 0 Å². The van der Waals surface area contributed by atoms with Crippen LogP contribution in [0.1, 0.15) is 46.0 Å². The van der Waals surface area contributed by atoms with Gasteiger partial charge in [0, 0.05) is 6.54 Å². The number of hydrogen-bond acceptors (Lipinski definition) is 2. The van der Waals surface area contributed by atoms with Crippen LogP contribution in [0.15, 0.2) is 0 Å². The zero-order chi connectivity index (χ0) is 11.9. The van der Waals surface area contributed by atoms with Crippen molar-refractivity contribution in [2.24, 2.45) is 0 Å². The van der Waals surface area contributed by atoms with Crippen molar-refractivity contribution in [1.29, 1.82) is 0 Å². The third-order valence-corrected chi connectivity index (χ3v) is 3.62. The Labute approximate surface area is 97.5 Å². The zero-order valence-corrected chi connectivity index (χ0v) is 10.9. The highest BCUT2D eigenvalue weighted by molar-refractivity contribution is 7.83. The Morgan fingerprint density at radius 3 is 2.20 bits per heavy atom. The van der Waals surface area contributed by atoms with Crippen molar-refractivity contribution in [3.63, 3.8) is 0 Å². The van der Waals surface area contributed by atoms with E-state index in [1.54, 1.807) is 0 Å². The van der Waals surface area contributed by atoms with Crippen LogP contribution in [-0.4, -0.2) is 29.3 Å². The van der Waals surface area contributed by atoms with Crippen molar-refractivity contribution < 1.29 is 13.0 Å². The summed E-state index contributed by atoms with van der Waals surface area (Å²) < 4.78 is 31.5. The minimum absolute atomic E-state index is 0.285. The summed E-state index contributed by atoms with van der Waals surface area (Å²) in [5.41, 5.74) is -0.703. The summed E-state index contributed by atoms with van der Waals surface area (Å²) in [5, 5.41) is 0. The molecule has 6 heteroatoms. The predicted octanol–water partition coefficient (Wildman–Crippen LogP) is 2.65. The fourth-order valence-corrected chi connectivity index (χ4v) is 2.47. The van der Waals surface area contributed by atoms with Crippen LogP contribution in [0.5, 0.6) is 0 Å². The molecule has 1 N–H and O–H groups in total. The van der Waals surface area contributed by atoms with E-state index in [1.165, 1.54) is 6.92 Å². The Morgan fingerprint density at radius 1 is 1.27 bits per heavy atom. The largest absolute Gasteiger partial charge is 0.337 e. The van der Waals surface area contributed by atoms with Crippen molar-refractivity contribution in [2.75, 3.05) is 6.54 Å². The van der Waals surface area contributed by atoms with E-state index in [0.29, 0.717) is 0 Å². The zero-order valence-electron chi connectivity index (χ0n) is 9.32. The molecule has 0 amide bonds. The number of rotatable bonds is 8. The van der Waals surface area contributed by atoms with E-state index < -0.39 is 15.8 Å². The molecule has 4 nitrogen and oxygen atoms in total. The Bertz CT molecular complexity index is 254. The van der Waals surface area contributed by atoms with Crippen LogP contribution >= 0.6 is 11.6 Å². The number of unbranched alkanes of at least 4 members (excludes halogenated alkanes) is 4. The SMILES string of the molecule is CCCCCCCN(C(C)Cl)S(=O)(=O)O. The lowest BCUT2D eigenvalue weighted by molar-refractivity contribution is 0.336. The van der Waals surface area contributed by atoms with Crippen molar-refractivity contribution in [2.45, 2.75) is 51.5 Å². The van der Waals surface area contributed by atoms with E-state index in [4.69, 9.17) is 16.2 Å². The molecule has 1 atom stereocenters. The molecular formula is C9H20ClNO3S. The maximum absolute atomic E-state index is 10.9. The smallest absolute Gasteiger partial charge is 0.273 e. The highest BCUT2D eigenvalue weighted by Gasteiger charge is 2.22. The third kappa shape index (κ3) is 7.11. The molecule has 0 aromatic heterocycles. The molecule has 0 saturated carbocycles. The second-order valence-electron chi connectivity index (χ2n) is 3.58. The first kappa shape index (κ1) is 15.2. The molecular weight excluding hydrogens is 238 g/mol. The Balaban J connectivity index is 3.89. The number of alkyl halides is 1. The molecule has 0 aliphatic rings. The highest BCUT2D eigenvalue weighted by Crippen LogP contribution is 2.12. The maximum Gasteiger partial charge on any atom is 0.337 e. The lowest BCUT2D eigenvalue weighted by Crippen LogP contribution is -2.35. The lowest BCUT2D eigenvalue weighted by Gasteiger charge is -2.20. The van der Waals surface area contributed by atoms with Gasteiger partial charge in [0.1, 0.15) is 0 Å². The lowest BCUT2D eigenvalue weighted by atomic mass is 10.1. The van der Waals surface area contributed by atoms with Crippen molar-refractivity contribution >= 4 is 21.9 Å². The van der Waals surface area contributed by atoms with Crippen molar-refractivity contribution in [1.82, 2.24) is 4.31 Å². The van der Waals surface area contributed by atoms with Crippen LogP contribution in [0.4, 0.5) is 0 Å². The highest BCUT2D eigenvalue weighted by atomic mass is 35.5. The number of nitrogens with zero attached hydrogens (tertiary/aromatic N) is 1. The normalized spacial score (nSPS) is 14.5. The van der Waals surface area contributed by atoms with Gasteiger partial charge >= 0.3 is 10.3 Å². The minimum atomic E-state index is -4.16. The van der Waals surface area contributed by atoms with E-state index in [0.717, 1.165) is 36.4 Å². The van der Waals surface area contributed by atoms with Crippen LogP contribution in [-0.2, 0) is 10.3 Å². The second-order valence-corrected chi connectivity index (χ2v) is 5.57. The molecule has 0 heterocycles.